The molecule has 0 aromatic carbocycles. The first-order chi connectivity index (χ1) is 11.8. The minimum absolute atomic E-state index is 0.0738. The number of H-pyrrole nitrogens is 1. The zero-order valence-corrected chi connectivity index (χ0v) is 14.7. The third-order valence-corrected chi connectivity index (χ3v) is 5.89. The van der Waals surface area contributed by atoms with E-state index in [1.807, 2.05) is 27.0 Å². The molecule has 2 atom stereocenters. The van der Waals surface area contributed by atoms with Crippen LogP contribution < -0.4 is 0 Å². The van der Waals surface area contributed by atoms with Crippen LogP contribution in [0.4, 0.5) is 0 Å². The van der Waals surface area contributed by atoms with E-state index in [1.165, 1.54) is 0 Å². The summed E-state index contributed by atoms with van der Waals surface area (Å²) in [4.78, 5) is 12.7. The van der Waals surface area contributed by atoms with Crippen LogP contribution in [0.5, 0.6) is 0 Å². The highest BCUT2D eigenvalue weighted by atomic mass is 16.1. The van der Waals surface area contributed by atoms with Gasteiger partial charge in [-0.05, 0) is 24.0 Å². The molecule has 2 aromatic heterocycles. The van der Waals surface area contributed by atoms with Gasteiger partial charge >= 0.3 is 0 Å². The van der Waals surface area contributed by atoms with Crippen molar-refractivity contribution in [3.05, 3.63) is 22.9 Å². The number of nitrogens with zero attached hydrogens (tertiary/aromatic N) is 6. The van der Waals surface area contributed by atoms with Crippen LogP contribution >= 0.6 is 0 Å². The molecule has 0 saturated carbocycles. The first-order valence-corrected chi connectivity index (χ1v) is 8.28. The lowest BCUT2D eigenvalue weighted by molar-refractivity contribution is -0.128. The quantitative estimate of drug-likeness (QED) is 0.843. The first kappa shape index (κ1) is 15.7. The van der Waals surface area contributed by atoms with Crippen molar-refractivity contribution in [2.45, 2.75) is 39.0 Å². The number of carbonyl (C=O) groups excluding carboxylic acids is 1. The van der Waals surface area contributed by atoms with Crippen molar-refractivity contribution < 1.29 is 4.79 Å². The van der Waals surface area contributed by atoms with E-state index in [2.05, 4.69) is 33.6 Å². The summed E-state index contributed by atoms with van der Waals surface area (Å²) in [6, 6.07) is 2.08. The maximum atomic E-state index is 12.7. The van der Waals surface area contributed by atoms with Crippen molar-refractivity contribution in [2.75, 3.05) is 0 Å². The van der Waals surface area contributed by atoms with E-state index in [1.54, 1.807) is 4.68 Å². The molecule has 25 heavy (non-hydrogen) atoms. The lowest BCUT2D eigenvalue weighted by atomic mass is 9.52. The zero-order chi connectivity index (χ0) is 18.0. The summed E-state index contributed by atoms with van der Waals surface area (Å²) >= 11 is 0. The number of tetrazole rings is 1. The van der Waals surface area contributed by atoms with Crippen molar-refractivity contribution in [3.63, 3.8) is 0 Å². The van der Waals surface area contributed by atoms with Gasteiger partial charge in [-0.25, -0.2) is 0 Å². The highest BCUT2D eigenvalue weighted by Gasteiger charge is 2.55. The van der Waals surface area contributed by atoms with Crippen molar-refractivity contribution >= 4 is 5.78 Å². The van der Waals surface area contributed by atoms with Gasteiger partial charge in [0.15, 0.2) is 5.78 Å². The molecule has 2 aliphatic carbocycles. The van der Waals surface area contributed by atoms with Gasteiger partial charge in [0.25, 0.3) is 0 Å². The van der Waals surface area contributed by atoms with Gasteiger partial charge in [-0.15, -0.1) is 10.2 Å². The van der Waals surface area contributed by atoms with E-state index in [0.717, 1.165) is 29.8 Å². The Morgan fingerprint density at radius 1 is 1.40 bits per heavy atom. The van der Waals surface area contributed by atoms with Gasteiger partial charge in [0.1, 0.15) is 11.8 Å². The van der Waals surface area contributed by atoms with Gasteiger partial charge in [0, 0.05) is 23.4 Å². The summed E-state index contributed by atoms with van der Waals surface area (Å²) in [7, 11) is 1.86. The number of allylic oxidation sites excluding steroid dienone is 2. The van der Waals surface area contributed by atoms with E-state index in [0.29, 0.717) is 5.82 Å². The predicted molar refractivity (Wildman–Crippen MR) is 88.0 cm³/mol. The molecule has 2 heterocycles. The molecule has 0 aliphatic heterocycles. The monoisotopic (exact) mass is 337 g/mol. The molecular formula is C17H19N7O. The number of Topliss-reactive ketones (excluding diaryl/α,β-unsaturated/α-hetero) is 1. The highest BCUT2D eigenvalue weighted by Crippen LogP contribution is 2.55. The summed E-state index contributed by atoms with van der Waals surface area (Å²) < 4.78 is 1.77. The number of aromatic amines is 1. The number of aromatic nitrogens is 6. The summed E-state index contributed by atoms with van der Waals surface area (Å²) in [5, 5.41) is 28.5. The van der Waals surface area contributed by atoms with Crippen molar-refractivity contribution in [1.82, 2.24) is 30.4 Å². The van der Waals surface area contributed by atoms with Gasteiger partial charge in [0.05, 0.1) is 11.3 Å². The molecule has 8 heteroatoms. The van der Waals surface area contributed by atoms with Crippen LogP contribution in [-0.4, -0.2) is 36.2 Å². The van der Waals surface area contributed by atoms with Gasteiger partial charge < -0.3 is 0 Å². The molecule has 0 saturated heterocycles. The Bertz CT molecular complexity index is 945. The zero-order valence-electron chi connectivity index (χ0n) is 14.7. The van der Waals surface area contributed by atoms with Gasteiger partial charge in [0.2, 0.25) is 5.82 Å². The Labute approximate surface area is 144 Å². The number of fused-ring (bicyclic) bond motifs is 3. The number of ketones is 1. The Hall–Kier alpha value is -2.82. The molecule has 0 radical (unpaired) electrons. The molecule has 4 rings (SSSR count). The largest absolute Gasteiger partial charge is 0.293 e. The van der Waals surface area contributed by atoms with Crippen molar-refractivity contribution in [1.29, 1.82) is 5.26 Å². The first-order valence-electron chi connectivity index (χ1n) is 8.28. The second-order valence-corrected chi connectivity index (χ2v) is 7.63. The van der Waals surface area contributed by atoms with Crippen molar-refractivity contribution in [2.24, 2.45) is 18.4 Å². The van der Waals surface area contributed by atoms with Crippen LogP contribution in [0.15, 0.2) is 11.6 Å². The second-order valence-electron chi connectivity index (χ2n) is 7.63. The lowest BCUT2D eigenvalue weighted by Crippen LogP contribution is -2.51. The fourth-order valence-electron chi connectivity index (χ4n) is 4.77. The maximum absolute atomic E-state index is 12.7. The highest BCUT2D eigenvalue weighted by molar-refractivity contribution is 6.04. The Balaban J connectivity index is 1.98. The van der Waals surface area contributed by atoms with E-state index in [9.17, 15) is 10.1 Å². The minimum Gasteiger partial charge on any atom is -0.293 e. The van der Waals surface area contributed by atoms with E-state index >= 15 is 0 Å². The Kier molecular flexibility index (Phi) is 3.04. The molecule has 128 valence electrons. The average molecular weight is 337 g/mol. The molecule has 1 N–H and O–H groups in total. The third-order valence-electron chi connectivity index (χ3n) is 5.89. The molecule has 0 bridgehead atoms. The number of hydrogen-bond donors (Lipinski definition) is 1. The molecule has 0 amide bonds. The molecule has 0 spiro atoms. The number of carbonyl (C=O) groups is 1. The number of hydrogen-bond acceptors (Lipinski definition) is 6. The summed E-state index contributed by atoms with van der Waals surface area (Å²) in [5.74, 6) is 0.522. The Morgan fingerprint density at radius 2 is 2.16 bits per heavy atom. The number of nitriles is 1. The normalized spacial score (nSPS) is 27.2. The fourth-order valence-corrected chi connectivity index (χ4v) is 4.77. The fraction of sp³-hybridized carbons (Fsp3) is 0.529. The number of rotatable bonds is 1. The Morgan fingerprint density at radius 3 is 2.80 bits per heavy atom. The molecule has 2 aliphatic rings. The van der Waals surface area contributed by atoms with Crippen LogP contribution in [0, 0.1) is 22.7 Å². The van der Waals surface area contributed by atoms with Gasteiger partial charge in [-0.2, -0.15) is 15.6 Å². The smallest absolute Gasteiger partial charge is 0.222 e. The standard InChI is InChI=1S/C17H19N7O/c1-16(2)11-6-5-10-12(15-19-22-23-20-15)24(4)21-13(10)17(11,3)7-9(8-18)14(16)25/h7,11H,5-6H2,1-4H3,(H,19,20,22,23)/t11-,17-/m0/s1. The van der Waals surface area contributed by atoms with E-state index in [-0.39, 0.29) is 17.3 Å². The van der Waals surface area contributed by atoms with Gasteiger partial charge in [-0.1, -0.05) is 26.8 Å². The molecule has 0 fully saturated rings. The second kappa shape index (κ2) is 4.85. The number of aryl methyl sites for hydroxylation is 1. The average Bonchev–Trinajstić information content (AvgIpc) is 3.18. The molecular weight excluding hydrogens is 318 g/mol. The number of nitrogens with one attached hydrogen (secondary N) is 1. The maximum Gasteiger partial charge on any atom is 0.222 e. The third kappa shape index (κ3) is 1.89. The predicted octanol–water partition coefficient (Wildman–Crippen LogP) is 1.48. The molecule has 8 nitrogen and oxygen atoms in total. The van der Waals surface area contributed by atoms with Crippen LogP contribution in [-0.2, 0) is 23.7 Å². The van der Waals surface area contributed by atoms with Gasteiger partial charge in [-0.3, -0.25) is 9.48 Å². The SMILES string of the molecule is Cn1nc2c(c1-c1nn[nH]n1)CC[C@H]1C(C)(C)C(=O)C(C#N)=C[C@]21C. The summed E-state index contributed by atoms with van der Waals surface area (Å²) in [5.41, 5.74) is 1.96. The molecule has 2 aromatic rings. The van der Waals surface area contributed by atoms with E-state index in [4.69, 9.17) is 5.10 Å². The van der Waals surface area contributed by atoms with Crippen LogP contribution in [0.3, 0.4) is 0 Å². The summed E-state index contributed by atoms with van der Waals surface area (Å²) in [6.45, 7) is 5.96. The van der Waals surface area contributed by atoms with Crippen LogP contribution in [0.25, 0.3) is 11.5 Å². The minimum atomic E-state index is -0.601. The lowest BCUT2D eigenvalue weighted by Gasteiger charge is -2.49. The van der Waals surface area contributed by atoms with Crippen LogP contribution in [0.1, 0.15) is 38.4 Å². The van der Waals surface area contributed by atoms with E-state index < -0.39 is 10.8 Å². The topological polar surface area (TPSA) is 113 Å². The van der Waals surface area contributed by atoms with Crippen molar-refractivity contribution in [3.8, 4) is 17.6 Å². The van der Waals surface area contributed by atoms with Crippen LogP contribution in [0.2, 0.25) is 0 Å². The summed E-state index contributed by atoms with van der Waals surface area (Å²) in [6.07, 6.45) is 3.45. The molecule has 0 unspecified atom stereocenters.